The molecule has 0 unspecified atom stereocenters. The smallest absolute Gasteiger partial charge is 0.230 e. The van der Waals surface area contributed by atoms with Crippen LogP contribution in [0, 0.1) is 0 Å². The van der Waals surface area contributed by atoms with Crippen molar-refractivity contribution in [2.45, 2.75) is 18.4 Å². The number of amides is 1. The lowest BCUT2D eigenvalue weighted by atomic mass is 10.3. The average molecular weight is 322 g/mol. The van der Waals surface area contributed by atoms with Crippen LogP contribution >= 0.6 is 23.1 Å². The van der Waals surface area contributed by atoms with E-state index in [1.165, 1.54) is 11.8 Å². The molecule has 1 aromatic heterocycles. The van der Waals surface area contributed by atoms with Crippen molar-refractivity contribution in [3.8, 4) is 5.75 Å². The van der Waals surface area contributed by atoms with E-state index in [1.807, 2.05) is 36.6 Å². The summed E-state index contributed by atoms with van der Waals surface area (Å²) in [6.45, 7) is 3.11. The Morgan fingerprint density at radius 3 is 3.00 bits per heavy atom. The molecular weight excluding hydrogens is 304 g/mol. The number of benzene rings is 1. The summed E-state index contributed by atoms with van der Waals surface area (Å²) in [4.78, 5) is 13.8. The molecule has 0 radical (unpaired) electrons. The first-order chi connectivity index (χ1) is 10.2. The normalized spacial score (nSPS) is 10.3. The van der Waals surface area contributed by atoms with Gasteiger partial charge in [0.1, 0.15) is 5.75 Å². The lowest BCUT2D eigenvalue weighted by Crippen LogP contribution is -2.24. The Kier molecular flexibility index (Phi) is 5.95. The number of nitrogens with one attached hydrogen (secondary N) is 1. The zero-order valence-electron chi connectivity index (χ0n) is 11.8. The summed E-state index contributed by atoms with van der Waals surface area (Å²) in [6.07, 6.45) is 0. The summed E-state index contributed by atoms with van der Waals surface area (Å²) in [5.74, 6) is 1.10. The number of nitrogen functional groups attached to an aromatic ring is 1. The monoisotopic (exact) mass is 322 g/mol. The molecule has 0 aliphatic carbocycles. The predicted octanol–water partition coefficient (Wildman–Crippen LogP) is 3.14. The molecule has 0 spiro atoms. The Morgan fingerprint density at radius 1 is 1.43 bits per heavy atom. The highest BCUT2D eigenvalue weighted by molar-refractivity contribution is 8.00. The van der Waals surface area contributed by atoms with Gasteiger partial charge < -0.3 is 15.8 Å². The van der Waals surface area contributed by atoms with Gasteiger partial charge in [0.25, 0.3) is 0 Å². The number of rotatable bonds is 7. The van der Waals surface area contributed by atoms with E-state index in [0.29, 0.717) is 24.6 Å². The molecule has 4 nitrogen and oxygen atoms in total. The topological polar surface area (TPSA) is 64.3 Å². The minimum Gasteiger partial charge on any atom is -0.494 e. The van der Waals surface area contributed by atoms with Crippen LogP contribution in [0.15, 0.2) is 40.6 Å². The zero-order chi connectivity index (χ0) is 15.1. The second-order valence-corrected chi connectivity index (χ2v) is 6.33. The van der Waals surface area contributed by atoms with Crippen molar-refractivity contribution >= 4 is 34.7 Å². The first-order valence-electron chi connectivity index (χ1n) is 6.63. The van der Waals surface area contributed by atoms with Crippen LogP contribution in [0.3, 0.4) is 0 Å². The maximum absolute atomic E-state index is 11.8. The molecule has 1 amide bonds. The quantitative estimate of drug-likeness (QED) is 0.607. The molecule has 3 N–H and O–H groups in total. The second kappa shape index (κ2) is 7.95. The lowest BCUT2D eigenvalue weighted by molar-refractivity contribution is -0.118. The first kappa shape index (κ1) is 15.7. The van der Waals surface area contributed by atoms with Crippen LogP contribution in [-0.2, 0) is 11.3 Å². The SMILES string of the molecule is CCOc1ccc(N)c(SCC(=O)NCc2cccs2)c1. The van der Waals surface area contributed by atoms with Crippen LogP contribution in [-0.4, -0.2) is 18.3 Å². The number of anilines is 1. The van der Waals surface area contributed by atoms with Crippen molar-refractivity contribution in [1.82, 2.24) is 5.32 Å². The van der Waals surface area contributed by atoms with Crippen molar-refractivity contribution in [3.63, 3.8) is 0 Å². The predicted molar refractivity (Wildman–Crippen MR) is 88.9 cm³/mol. The molecule has 0 bridgehead atoms. The molecular formula is C15H18N2O2S2. The molecule has 0 aliphatic rings. The van der Waals surface area contributed by atoms with Crippen LogP contribution in [0.1, 0.15) is 11.8 Å². The van der Waals surface area contributed by atoms with Crippen molar-refractivity contribution in [1.29, 1.82) is 0 Å². The first-order valence-corrected chi connectivity index (χ1v) is 8.49. The van der Waals surface area contributed by atoms with Gasteiger partial charge in [0.15, 0.2) is 0 Å². The third kappa shape index (κ3) is 4.99. The van der Waals surface area contributed by atoms with Crippen LogP contribution in [0.4, 0.5) is 5.69 Å². The maximum Gasteiger partial charge on any atom is 0.230 e. The van der Waals surface area contributed by atoms with Crippen molar-refractivity contribution < 1.29 is 9.53 Å². The fourth-order valence-corrected chi connectivity index (χ4v) is 3.16. The average Bonchev–Trinajstić information content (AvgIpc) is 2.99. The third-order valence-corrected chi connectivity index (χ3v) is 4.64. The minimum atomic E-state index is -0.00499. The highest BCUT2D eigenvalue weighted by Crippen LogP contribution is 2.29. The number of nitrogens with two attached hydrogens (primary N) is 1. The highest BCUT2D eigenvalue weighted by atomic mass is 32.2. The van der Waals surface area contributed by atoms with Gasteiger partial charge in [-0.05, 0) is 36.6 Å². The largest absolute Gasteiger partial charge is 0.494 e. The molecule has 0 saturated carbocycles. The molecule has 1 aromatic carbocycles. The van der Waals surface area contributed by atoms with E-state index in [-0.39, 0.29) is 5.91 Å². The van der Waals surface area contributed by atoms with Crippen LogP contribution < -0.4 is 15.8 Å². The van der Waals surface area contributed by atoms with Gasteiger partial charge >= 0.3 is 0 Å². The number of thioether (sulfide) groups is 1. The summed E-state index contributed by atoms with van der Waals surface area (Å²) < 4.78 is 5.44. The Morgan fingerprint density at radius 2 is 2.29 bits per heavy atom. The van der Waals surface area contributed by atoms with Gasteiger partial charge in [-0.15, -0.1) is 23.1 Å². The number of hydrogen-bond donors (Lipinski definition) is 2. The van der Waals surface area contributed by atoms with Crippen molar-refractivity contribution in [2.24, 2.45) is 0 Å². The van der Waals surface area contributed by atoms with Crippen molar-refractivity contribution in [2.75, 3.05) is 18.1 Å². The van der Waals surface area contributed by atoms with E-state index in [0.717, 1.165) is 15.5 Å². The molecule has 21 heavy (non-hydrogen) atoms. The second-order valence-electron chi connectivity index (χ2n) is 4.28. The number of carbonyl (C=O) groups excluding carboxylic acids is 1. The standard InChI is InChI=1S/C15H18N2O2S2/c1-2-19-11-5-6-13(16)14(8-11)21-10-15(18)17-9-12-4-3-7-20-12/h3-8H,2,9-10,16H2,1H3,(H,17,18). The molecule has 6 heteroatoms. The summed E-state index contributed by atoms with van der Waals surface area (Å²) in [5.41, 5.74) is 6.58. The Bertz CT molecular complexity index is 585. The fourth-order valence-electron chi connectivity index (χ4n) is 1.69. The van der Waals surface area contributed by atoms with Gasteiger partial charge in [0.05, 0.1) is 18.9 Å². The molecule has 112 valence electrons. The minimum absolute atomic E-state index is 0.00499. The third-order valence-electron chi connectivity index (χ3n) is 2.69. The summed E-state index contributed by atoms with van der Waals surface area (Å²) in [5, 5.41) is 4.89. The maximum atomic E-state index is 11.8. The van der Waals surface area contributed by atoms with Crippen LogP contribution in [0.5, 0.6) is 5.75 Å². The van der Waals surface area contributed by atoms with E-state index in [9.17, 15) is 4.79 Å². The van der Waals surface area contributed by atoms with E-state index in [2.05, 4.69) is 5.32 Å². The molecule has 2 rings (SSSR count). The molecule has 2 aromatic rings. The molecule has 0 aliphatic heterocycles. The van der Waals surface area contributed by atoms with Gasteiger partial charge in [-0.2, -0.15) is 0 Å². The summed E-state index contributed by atoms with van der Waals surface area (Å²) >= 11 is 3.05. The summed E-state index contributed by atoms with van der Waals surface area (Å²) in [6, 6.07) is 9.48. The van der Waals surface area contributed by atoms with Gasteiger partial charge in [-0.25, -0.2) is 0 Å². The molecule has 0 saturated heterocycles. The van der Waals surface area contributed by atoms with Crippen LogP contribution in [0.25, 0.3) is 0 Å². The van der Waals surface area contributed by atoms with Gasteiger partial charge in [-0.1, -0.05) is 6.07 Å². The number of thiophene rings is 1. The van der Waals surface area contributed by atoms with Crippen LogP contribution in [0.2, 0.25) is 0 Å². The number of ether oxygens (including phenoxy) is 1. The Hall–Kier alpha value is -1.66. The lowest BCUT2D eigenvalue weighted by Gasteiger charge is -2.09. The molecule has 1 heterocycles. The number of hydrogen-bond acceptors (Lipinski definition) is 5. The Labute approximate surface area is 132 Å². The van der Waals surface area contributed by atoms with E-state index in [4.69, 9.17) is 10.5 Å². The van der Waals surface area contributed by atoms with Gasteiger partial charge in [0.2, 0.25) is 5.91 Å². The van der Waals surface area contributed by atoms with E-state index < -0.39 is 0 Å². The summed E-state index contributed by atoms with van der Waals surface area (Å²) in [7, 11) is 0. The van der Waals surface area contributed by atoms with E-state index in [1.54, 1.807) is 17.4 Å². The molecule has 0 atom stereocenters. The highest BCUT2D eigenvalue weighted by Gasteiger charge is 2.07. The van der Waals surface area contributed by atoms with Gasteiger partial charge in [-0.3, -0.25) is 4.79 Å². The zero-order valence-corrected chi connectivity index (χ0v) is 13.4. The van der Waals surface area contributed by atoms with Crippen molar-refractivity contribution in [3.05, 3.63) is 40.6 Å². The number of carbonyl (C=O) groups is 1. The Balaban J connectivity index is 1.84. The molecule has 0 fully saturated rings. The van der Waals surface area contributed by atoms with Gasteiger partial charge in [0, 0.05) is 15.5 Å². The fraction of sp³-hybridized carbons (Fsp3) is 0.267. The van der Waals surface area contributed by atoms with E-state index >= 15 is 0 Å².